The van der Waals surface area contributed by atoms with E-state index in [4.69, 9.17) is 18.9 Å². The van der Waals surface area contributed by atoms with Crippen molar-refractivity contribution < 1.29 is 18.9 Å². The molecule has 20 heavy (non-hydrogen) atoms. The fraction of sp³-hybridized carbons (Fsp3) is 0.500. The molecule has 1 rings (SSSR count). The van der Waals surface area contributed by atoms with E-state index in [1.807, 2.05) is 38.1 Å². The topological polar surface area (TPSA) is 36.9 Å². The molecule has 0 radical (unpaired) electrons. The zero-order valence-electron chi connectivity index (χ0n) is 12.6. The zero-order valence-corrected chi connectivity index (χ0v) is 12.6. The van der Waals surface area contributed by atoms with E-state index in [1.165, 1.54) is 0 Å². The summed E-state index contributed by atoms with van der Waals surface area (Å²) < 4.78 is 21.1. The summed E-state index contributed by atoms with van der Waals surface area (Å²) >= 11 is 0. The summed E-state index contributed by atoms with van der Waals surface area (Å²) in [6.45, 7) is 7.06. The van der Waals surface area contributed by atoms with Crippen LogP contribution in [0.25, 0.3) is 5.57 Å². The van der Waals surface area contributed by atoms with E-state index in [9.17, 15) is 0 Å². The van der Waals surface area contributed by atoms with Crippen LogP contribution in [0, 0.1) is 0 Å². The molecular weight excluding hydrogens is 256 g/mol. The van der Waals surface area contributed by atoms with Crippen molar-refractivity contribution in [2.24, 2.45) is 0 Å². The van der Waals surface area contributed by atoms with E-state index in [1.54, 1.807) is 13.4 Å². The first-order valence-electron chi connectivity index (χ1n) is 6.86. The van der Waals surface area contributed by atoms with Crippen LogP contribution in [0.4, 0.5) is 0 Å². The minimum Gasteiger partial charge on any atom is -0.498 e. The van der Waals surface area contributed by atoms with Gasteiger partial charge in [0.15, 0.2) is 0 Å². The highest BCUT2D eigenvalue weighted by Gasteiger charge is 1.97. The van der Waals surface area contributed by atoms with Gasteiger partial charge in [-0.3, -0.25) is 0 Å². The average Bonchev–Trinajstić information content (AvgIpc) is 2.50. The van der Waals surface area contributed by atoms with Gasteiger partial charge < -0.3 is 18.9 Å². The second kappa shape index (κ2) is 10.3. The summed E-state index contributed by atoms with van der Waals surface area (Å²) in [5.74, 6) is 0.852. The molecule has 0 aliphatic heterocycles. The van der Waals surface area contributed by atoms with Crippen LogP contribution in [0.15, 0.2) is 30.5 Å². The summed E-state index contributed by atoms with van der Waals surface area (Å²) in [5.41, 5.74) is 2.19. The van der Waals surface area contributed by atoms with E-state index in [2.05, 4.69) is 0 Å². The third-order valence-corrected chi connectivity index (χ3v) is 2.73. The molecule has 0 saturated carbocycles. The number of methoxy groups -OCH3 is 1. The van der Waals surface area contributed by atoms with Crippen LogP contribution >= 0.6 is 0 Å². The Kier molecular flexibility index (Phi) is 8.51. The van der Waals surface area contributed by atoms with Gasteiger partial charge in [-0.05, 0) is 37.1 Å². The summed E-state index contributed by atoms with van der Waals surface area (Å²) in [6, 6.07) is 7.88. The zero-order chi connectivity index (χ0) is 14.6. The number of ether oxygens (including phenoxy) is 4. The van der Waals surface area contributed by atoms with Gasteiger partial charge >= 0.3 is 0 Å². The third-order valence-electron chi connectivity index (χ3n) is 2.73. The fourth-order valence-corrected chi connectivity index (χ4v) is 1.58. The predicted octanol–water partition coefficient (Wildman–Crippen LogP) is 3.13. The maximum Gasteiger partial charge on any atom is 0.118 e. The molecule has 4 nitrogen and oxygen atoms in total. The first-order valence-corrected chi connectivity index (χ1v) is 6.86. The Morgan fingerprint density at radius 2 is 1.65 bits per heavy atom. The summed E-state index contributed by atoms with van der Waals surface area (Å²) in [7, 11) is 1.66. The van der Waals surface area contributed by atoms with Crippen LogP contribution in [0.5, 0.6) is 5.75 Å². The third kappa shape index (κ3) is 6.59. The quantitative estimate of drug-likeness (QED) is 0.487. The maximum atomic E-state index is 5.45. The van der Waals surface area contributed by atoms with Gasteiger partial charge in [0.2, 0.25) is 0 Å². The molecule has 0 aliphatic carbocycles. The molecule has 0 heterocycles. The molecule has 0 bridgehead atoms. The summed E-state index contributed by atoms with van der Waals surface area (Å²) in [6.07, 6.45) is 1.76. The molecule has 0 saturated heterocycles. The summed E-state index contributed by atoms with van der Waals surface area (Å²) in [5, 5.41) is 0. The normalized spacial score (nSPS) is 11.4. The largest absolute Gasteiger partial charge is 0.498 e. The Hall–Kier alpha value is -1.52. The molecular formula is C16H24O4. The van der Waals surface area contributed by atoms with Crippen molar-refractivity contribution in [1.29, 1.82) is 0 Å². The lowest BCUT2D eigenvalue weighted by molar-refractivity contribution is 0.0343. The van der Waals surface area contributed by atoms with E-state index >= 15 is 0 Å². The van der Waals surface area contributed by atoms with Gasteiger partial charge in [0.1, 0.15) is 12.4 Å². The molecule has 0 spiro atoms. The molecule has 0 amide bonds. The van der Waals surface area contributed by atoms with Crippen molar-refractivity contribution in [1.82, 2.24) is 0 Å². The molecule has 0 fully saturated rings. The number of hydrogen-bond acceptors (Lipinski definition) is 4. The van der Waals surface area contributed by atoms with Gasteiger partial charge in [0.25, 0.3) is 0 Å². The highest BCUT2D eigenvalue weighted by molar-refractivity contribution is 5.63. The SMILES string of the molecule is CCOCCOCCOC=C(C)c1ccc(OC)cc1. The van der Waals surface area contributed by atoms with E-state index in [-0.39, 0.29) is 0 Å². The minimum atomic E-state index is 0.541. The van der Waals surface area contributed by atoms with Gasteiger partial charge in [-0.1, -0.05) is 12.1 Å². The number of allylic oxidation sites excluding steroid dienone is 1. The Balaban J connectivity index is 2.20. The van der Waals surface area contributed by atoms with Crippen LogP contribution in [0.2, 0.25) is 0 Å². The van der Waals surface area contributed by atoms with Crippen LogP contribution < -0.4 is 4.74 Å². The van der Waals surface area contributed by atoms with Crippen molar-refractivity contribution >= 4 is 5.57 Å². The summed E-state index contributed by atoms with van der Waals surface area (Å²) in [4.78, 5) is 0. The minimum absolute atomic E-state index is 0.541. The lowest BCUT2D eigenvalue weighted by atomic mass is 10.1. The maximum absolute atomic E-state index is 5.45. The van der Waals surface area contributed by atoms with Crippen molar-refractivity contribution in [3.63, 3.8) is 0 Å². The molecule has 0 aromatic heterocycles. The Bertz CT molecular complexity index is 384. The van der Waals surface area contributed by atoms with Gasteiger partial charge in [0.05, 0.1) is 33.2 Å². The Morgan fingerprint density at radius 1 is 1.00 bits per heavy atom. The lowest BCUT2D eigenvalue weighted by Crippen LogP contribution is -2.07. The standard InChI is InChI=1S/C16H24O4/c1-4-18-9-10-19-11-12-20-13-14(2)15-5-7-16(17-3)8-6-15/h5-8,13H,4,9-12H2,1-3H3. The molecule has 0 unspecified atom stereocenters. The lowest BCUT2D eigenvalue weighted by Gasteiger charge is -2.06. The van der Waals surface area contributed by atoms with E-state index in [0.717, 1.165) is 23.5 Å². The highest BCUT2D eigenvalue weighted by atomic mass is 16.5. The van der Waals surface area contributed by atoms with Crippen molar-refractivity contribution in [2.45, 2.75) is 13.8 Å². The second-order valence-corrected chi connectivity index (χ2v) is 4.21. The Labute approximate surface area is 121 Å². The van der Waals surface area contributed by atoms with Crippen LogP contribution in [0.3, 0.4) is 0 Å². The second-order valence-electron chi connectivity index (χ2n) is 4.21. The smallest absolute Gasteiger partial charge is 0.118 e. The van der Waals surface area contributed by atoms with Gasteiger partial charge in [0, 0.05) is 6.61 Å². The first-order chi connectivity index (χ1) is 9.77. The van der Waals surface area contributed by atoms with E-state index < -0.39 is 0 Å². The molecule has 0 aliphatic rings. The van der Waals surface area contributed by atoms with Crippen molar-refractivity contribution in [2.75, 3.05) is 40.1 Å². The van der Waals surface area contributed by atoms with Crippen LogP contribution in [0.1, 0.15) is 19.4 Å². The van der Waals surface area contributed by atoms with Gasteiger partial charge in [-0.2, -0.15) is 0 Å². The number of benzene rings is 1. The molecule has 4 heteroatoms. The Morgan fingerprint density at radius 3 is 2.30 bits per heavy atom. The molecule has 0 atom stereocenters. The van der Waals surface area contributed by atoms with Crippen molar-refractivity contribution in [3.8, 4) is 5.75 Å². The van der Waals surface area contributed by atoms with Gasteiger partial charge in [-0.25, -0.2) is 0 Å². The van der Waals surface area contributed by atoms with E-state index in [0.29, 0.717) is 26.4 Å². The molecule has 1 aromatic rings. The fourth-order valence-electron chi connectivity index (χ4n) is 1.58. The van der Waals surface area contributed by atoms with Crippen molar-refractivity contribution in [3.05, 3.63) is 36.1 Å². The van der Waals surface area contributed by atoms with Crippen LogP contribution in [-0.4, -0.2) is 40.1 Å². The predicted molar refractivity (Wildman–Crippen MR) is 79.9 cm³/mol. The molecule has 1 aromatic carbocycles. The average molecular weight is 280 g/mol. The molecule has 0 N–H and O–H groups in total. The van der Waals surface area contributed by atoms with Crippen LogP contribution in [-0.2, 0) is 14.2 Å². The first kappa shape index (κ1) is 16.5. The monoisotopic (exact) mass is 280 g/mol. The molecule has 112 valence electrons. The number of rotatable bonds is 10. The highest BCUT2D eigenvalue weighted by Crippen LogP contribution is 2.17. The van der Waals surface area contributed by atoms with Gasteiger partial charge in [-0.15, -0.1) is 0 Å². The number of hydrogen-bond donors (Lipinski definition) is 0.